The third-order valence-electron chi connectivity index (χ3n) is 11.8. The highest BCUT2D eigenvalue weighted by molar-refractivity contribution is 6.06. The number of ether oxygens (including phenoxy) is 1. The lowest BCUT2D eigenvalue weighted by Gasteiger charge is -2.33. The fraction of sp³-hybridized carbons (Fsp3) is 0.422. The number of hydrogen-bond acceptors (Lipinski definition) is 12. The van der Waals surface area contributed by atoms with Gasteiger partial charge in [0.1, 0.15) is 17.5 Å². The number of benzene rings is 3. The van der Waals surface area contributed by atoms with Crippen LogP contribution in [0.25, 0.3) is 17.1 Å². The van der Waals surface area contributed by atoms with E-state index in [0.717, 1.165) is 18.7 Å². The first-order valence-electron chi connectivity index (χ1n) is 21.3. The molecule has 5 N–H and O–H groups in total. The summed E-state index contributed by atoms with van der Waals surface area (Å²) in [6.45, 7) is 8.74. The highest BCUT2D eigenvalue weighted by atomic mass is 16.5. The molecule has 0 bridgehead atoms. The van der Waals surface area contributed by atoms with Crippen LogP contribution < -0.4 is 16.0 Å². The first kappa shape index (κ1) is 44.2. The fourth-order valence-corrected chi connectivity index (χ4v) is 8.41. The number of aromatic hydroxyl groups is 2. The highest BCUT2D eigenvalue weighted by Gasteiger charge is 2.40. The van der Waals surface area contributed by atoms with Crippen molar-refractivity contribution < 1.29 is 43.7 Å². The van der Waals surface area contributed by atoms with Crippen molar-refractivity contribution in [2.75, 3.05) is 45.2 Å². The number of carbonyl (C=O) groups is 6. The molecule has 6 amide bonds. The number of imide groups is 1. The molecule has 4 aromatic rings. The SMILES string of the molecule is CCNC(=O)c1nnc(-c2cc(C(C)C)c(O)cc2O)n1-c1ccc(CN2CCC(C(=O)N(C)CCCOC(=O)Nc3cccc4c3CN(C3CCC(=O)NC3=O)C4=O)CC2)cc1. The number of rotatable bonds is 14. The van der Waals surface area contributed by atoms with Crippen LogP contribution in [0.4, 0.5) is 10.5 Å². The van der Waals surface area contributed by atoms with E-state index in [4.69, 9.17) is 4.74 Å². The minimum Gasteiger partial charge on any atom is -0.508 e. The maximum absolute atomic E-state index is 13.4. The standard InChI is InChI=1S/C45H53N9O9/c1-5-46-42(59)40-50-49-39(32-22-31(26(2)3)36(55)23-37(32)56)54(40)29-12-10-27(11-13-29)24-52-19-16-28(17-20-52)43(60)51(4)18-7-21-63-45(62)47-34-9-6-8-30-33(34)25-53(44(30)61)35-14-15-38(57)48-41(35)58/h6,8-13,22-23,26,28,35,55-56H,5,7,14-21,24-25H2,1-4H3,(H,46,59)(H,47,62)(H,48,57,58). The molecule has 2 fully saturated rings. The zero-order valence-corrected chi connectivity index (χ0v) is 35.8. The smallest absolute Gasteiger partial charge is 0.411 e. The molecule has 1 aromatic heterocycles. The molecule has 0 aliphatic carbocycles. The molecule has 7 rings (SSSR count). The van der Waals surface area contributed by atoms with E-state index < -0.39 is 23.9 Å². The number of anilines is 1. The molecule has 18 nitrogen and oxygen atoms in total. The lowest BCUT2D eigenvalue weighted by molar-refractivity contribution is -0.137. The van der Waals surface area contributed by atoms with Crippen molar-refractivity contribution in [3.05, 3.63) is 82.7 Å². The summed E-state index contributed by atoms with van der Waals surface area (Å²) in [5, 5.41) is 37.5. The zero-order chi connectivity index (χ0) is 44.9. The molecular formula is C45H53N9O9. The van der Waals surface area contributed by atoms with Gasteiger partial charge in [-0.3, -0.25) is 44.1 Å². The Morgan fingerprint density at radius 2 is 1.71 bits per heavy atom. The molecule has 1 unspecified atom stereocenters. The van der Waals surface area contributed by atoms with Crippen LogP contribution in [-0.4, -0.2) is 121 Å². The van der Waals surface area contributed by atoms with Gasteiger partial charge in [0.2, 0.25) is 23.5 Å². The number of piperidine rings is 2. The number of nitrogens with zero attached hydrogens (tertiary/aromatic N) is 6. The van der Waals surface area contributed by atoms with Gasteiger partial charge in [0, 0.05) is 74.1 Å². The van der Waals surface area contributed by atoms with Crippen LogP contribution in [-0.2, 0) is 32.2 Å². The van der Waals surface area contributed by atoms with Gasteiger partial charge < -0.3 is 30.1 Å². The van der Waals surface area contributed by atoms with Crippen LogP contribution in [0.2, 0.25) is 0 Å². The molecule has 3 aromatic carbocycles. The van der Waals surface area contributed by atoms with Crippen molar-refractivity contribution in [2.24, 2.45) is 5.92 Å². The maximum Gasteiger partial charge on any atom is 0.411 e. The molecular weight excluding hydrogens is 811 g/mol. The predicted molar refractivity (Wildman–Crippen MR) is 230 cm³/mol. The molecule has 0 spiro atoms. The Bertz CT molecular complexity index is 2410. The van der Waals surface area contributed by atoms with Gasteiger partial charge in [-0.25, -0.2) is 4.79 Å². The Morgan fingerprint density at radius 3 is 2.41 bits per heavy atom. The number of phenolic OH excluding ortho intramolecular Hbond substituents is 2. The lowest BCUT2D eigenvalue weighted by atomic mass is 9.95. The average Bonchev–Trinajstić information content (AvgIpc) is 3.84. The minimum absolute atomic E-state index is 0.0325. The van der Waals surface area contributed by atoms with E-state index in [2.05, 4.69) is 31.0 Å². The van der Waals surface area contributed by atoms with Gasteiger partial charge in [0.25, 0.3) is 11.8 Å². The summed E-state index contributed by atoms with van der Waals surface area (Å²) in [5.74, 6) is -1.68. The molecule has 1 atom stereocenters. The third-order valence-corrected chi connectivity index (χ3v) is 11.8. The van der Waals surface area contributed by atoms with E-state index in [1.165, 1.54) is 11.0 Å². The molecule has 0 saturated carbocycles. The van der Waals surface area contributed by atoms with Gasteiger partial charge in [-0.2, -0.15) is 0 Å². The van der Waals surface area contributed by atoms with E-state index in [-0.39, 0.29) is 78.7 Å². The summed E-state index contributed by atoms with van der Waals surface area (Å²) >= 11 is 0. The van der Waals surface area contributed by atoms with Crippen molar-refractivity contribution in [1.82, 2.24) is 40.1 Å². The van der Waals surface area contributed by atoms with Crippen LogP contribution in [0.3, 0.4) is 0 Å². The Hall–Kier alpha value is -6.82. The number of carbonyl (C=O) groups excluding carboxylic acids is 6. The van der Waals surface area contributed by atoms with Crippen LogP contribution in [0.15, 0.2) is 54.6 Å². The fourth-order valence-electron chi connectivity index (χ4n) is 8.41. The van der Waals surface area contributed by atoms with E-state index in [9.17, 15) is 39.0 Å². The second kappa shape index (κ2) is 19.1. The second-order valence-corrected chi connectivity index (χ2v) is 16.4. The van der Waals surface area contributed by atoms with Crippen molar-refractivity contribution >= 4 is 41.3 Å². The number of phenols is 2. The van der Waals surface area contributed by atoms with E-state index in [1.807, 2.05) is 38.1 Å². The summed E-state index contributed by atoms with van der Waals surface area (Å²) in [4.78, 5) is 81.7. The van der Waals surface area contributed by atoms with Gasteiger partial charge in [0.05, 0.1) is 12.2 Å². The summed E-state index contributed by atoms with van der Waals surface area (Å²) in [6.07, 6.45) is 1.49. The normalized spacial score (nSPS) is 16.8. The molecule has 4 heterocycles. The molecule has 3 aliphatic rings. The van der Waals surface area contributed by atoms with E-state index in [0.29, 0.717) is 72.5 Å². The zero-order valence-electron chi connectivity index (χ0n) is 35.8. The van der Waals surface area contributed by atoms with Gasteiger partial charge in [-0.05, 0) is 93.1 Å². The Balaban J connectivity index is 0.877. The third kappa shape index (κ3) is 9.65. The number of hydrogen-bond donors (Lipinski definition) is 5. The highest BCUT2D eigenvalue weighted by Crippen LogP contribution is 2.38. The second-order valence-electron chi connectivity index (χ2n) is 16.4. The quantitative estimate of drug-likeness (QED) is 0.0884. The first-order chi connectivity index (χ1) is 30.2. The number of fused-ring (bicyclic) bond motifs is 1. The minimum atomic E-state index is -0.769. The first-order valence-corrected chi connectivity index (χ1v) is 21.3. The summed E-state index contributed by atoms with van der Waals surface area (Å²) in [7, 11) is 1.75. The van der Waals surface area contributed by atoms with Crippen LogP contribution in [0, 0.1) is 5.92 Å². The molecule has 2 saturated heterocycles. The molecule has 18 heteroatoms. The summed E-state index contributed by atoms with van der Waals surface area (Å²) in [5.41, 5.74) is 3.95. The maximum atomic E-state index is 13.4. The van der Waals surface area contributed by atoms with Crippen molar-refractivity contribution in [2.45, 2.75) is 77.9 Å². The van der Waals surface area contributed by atoms with E-state index in [1.54, 1.807) is 47.7 Å². The average molecular weight is 864 g/mol. The van der Waals surface area contributed by atoms with Crippen LogP contribution in [0.5, 0.6) is 11.5 Å². The topological polar surface area (TPSA) is 229 Å². The van der Waals surface area contributed by atoms with Gasteiger partial charge in [0.15, 0.2) is 5.82 Å². The molecule has 332 valence electrons. The number of likely N-dealkylation sites (tertiary alicyclic amines) is 1. The Labute approximate surface area is 364 Å². The lowest BCUT2D eigenvalue weighted by Crippen LogP contribution is -2.52. The molecule has 63 heavy (non-hydrogen) atoms. The van der Waals surface area contributed by atoms with Gasteiger partial charge in [-0.1, -0.05) is 32.0 Å². The van der Waals surface area contributed by atoms with Crippen LogP contribution in [0.1, 0.15) is 96.5 Å². The van der Waals surface area contributed by atoms with Crippen molar-refractivity contribution in [3.63, 3.8) is 0 Å². The van der Waals surface area contributed by atoms with Crippen molar-refractivity contribution in [1.29, 1.82) is 0 Å². The Morgan fingerprint density at radius 1 is 0.968 bits per heavy atom. The van der Waals surface area contributed by atoms with Gasteiger partial charge in [-0.15, -0.1) is 10.2 Å². The number of aromatic nitrogens is 3. The van der Waals surface area contributed by atoms with Gasteiger partial charge >= 0.3 is 6.09 Å². The number of amides is 6. The molecule has 3 aliphatic heterocycles. The predicted octanol–water partition coefficient (Wildman–Crippen LogP) is 4.29. The van der Waals surface area contributed by atoms with Crippen molar-refractivity contribution in [3.8, 4) is 28.6 Å². The van der Waals surface area contributed by atoms with Crippen LogP contribution >= 0.6 is 0 Å². The van der Waals surface area contributed by atoms with E-state index >= 15 is 0 Å². The molecule has 0 radical (unpaired) electrons. The Kier molecular flexibility index (Phi) is 13.4. The largest absolute Gasteiger partial charge is 0.508 e. The summed E-state index contributed by atoms with van der Waals surface area (Å²) < 4.78 is 7.01. The monoisotopic (exact) mass is 863 g/mol. The number of nitrogens with one attached hydrogen (secondary N) is 3. The summed E-state index contributed by atoms with van der Waals surface area (Å²) in [6, 6.07) is 14.8.